The molecule has 1 saturated heterocycles. The summed E-state index contributed by atoms with van der Waals surface area (Å²) in [6.45, 7) is 6.47. The summed E-state index contributed by atoms with van der Waals surface area (Å²) in [6.07, 6.45) is 0. The molecule has 116 valence electrons. The van der Waals surface area contributed by atoms with Crippen LogP contribution in [0.1, 0.15) is 18.5 Å². The quantitative estimate of drug-likeness (QED) is 0.923. The average molecular weight is 323 g/mol. The first kappa shape index (κ1) is 19.3. The molecule has 0 amide bonds. The predicted octanol–water partition coefficient (Wildman–Crippen LogP) is 2.51. The maximum Gasteiger partial charge on any atom is 0.165 e. The molecule has 1 aliphatic heterocycles. The highest BCUT2D eigenvalue weighted by molar-refractivity contribution is 5.85. The number of rotatable bonds is 4. The van der Waals surface area contributed by atoms with Crippen molar-refractivity contribution in [1.29, 1.82) is 0 Å². The van der Waals surface area contributed by atoms with Crippen molar-refractivity contribution in [2.75, 3.05) is 40.4 Å². The molecule has 0 aliphatic carbocycles. The van der Waals surface area contributed by atoms with E-state index in [0.717, 1.165) is 37.7 Å². The first-order chi connectivity index (χ1) is 8.77. The SMILES string of the molecule is COc1cccc([C@H](C)N2CCNCC2)c1OC.Cl.Cl. The maximum absolute atomic E-state index is 5.51. The molecule has 1 N–H and O–H groups in total. The van der Waals surface area contributed by atoms with Gasteiger partial charge in [0.25, 0.3) is 0 Å². The van der Waals surface area contributed by atoms with E-state index in [1.807, 2.05) is 12.1 Å². The van der Waals surface area contributed by atoms with Crippen molar-refractivity contribution < 1.29 is 9.47 Å². The van der Waals surface area contributed by atoms with Crippen LogP contribution in [0.2, 0.25) is 0 Å². The van der Waals surface area contributed by atoms with Crippen molar-refractivity contribution in [3.63, 3.8) is 0 Å². The fourth-order valence-corrected chi connectivity index (χ4v) is 2.51. The number of methoxy groups -OCH3 is 2. The Labute approximate surface area is 133 Å². The number of nitrogens with zero attached hydrogens (tertiary/aromatic N) is 1. The summed E-state index contributed by atoms with van der Waals surface area (Å²) < 4.78 is 10.9. The number of halogens is 2. The van der Waals surface area contributed by atoms with Crippen molar-refractivity contribution in [2.45, 2.75) is 13.0 Å². The largest absolute Gasteiger partial charge is 0.493 e. The maximum atomic E-state index is 5.51. The van der Waals surface area contributed by atoms with Gasteiger partial charge in [0, 0.05) is 37.8 Å². The Hall–Kier alpha value is -0.680. The molecule has 1 aliphatic rings. The molecule has 4 nitrogen and oxygen atoms in total. The first-order valence-corrected chi connectivity index (χ1v) is 6.43. The molecule has 0 bridgehead atoms. The van der Waals surface area contributed by atoms with Crippen LogP contribution in [0.25, 0.3) is 0 Å². The standard InChI is InChI=1S/C14H22N2O2.2ClH/c1-11(16-9-7-15-8-10-16)12-5-4-6-13(17-2)14(12)18-3;;/h4-6,11,15H,7-10H2,1-3H3;2*1H/t11-;;/m0../s1. The molecule has 1 atom stereocenters. The van der Waals surface area contributed by atoms with Gasteiger partial charge < -0.3 is 14.8 Å². The van der Waals surface area contributed by atoms with Crippen LogP contribution in [0, 0.1) is 0 Å². The van der Waals surface area contributed by atoms with Crippen LogP contribution < -0.4 is 14.8 Å². The summed E-state index contributed by atoms with van der Waals surface area (Å²) >= 11 is 0. The molecule has 1 aromatic carbocycles. The van der Waals surface area contributed by atoms with Crippen molar-refractivity contribution >= 4 is 24.8 Å². The van der Waals surface area contributed by atoms with Gasteiger partial charge >= 0.3 is 0 Å². The zero-order valence-electron chi connectivity index (χ0n) is 12.2. The van der Waals surface area contributed by atoms with Crippen LogP contribution >= 0.6 is 24.8 Å². The van der Waals surface area contributed by atoms with Gasteiger partial charge in [-0.1, -0.05) is 12.1 Å². The van der Waals surface area contributed by atoms with Crippen LogP contribution in [-0.2, 0) is 0 Å². The predicted molar refractivity (Wildman–Crippen MR) is 86.9 cm³/mol. The third-order valence-electron chi connectivity index (χ3n) is 3.58. The van der Waals surface area contributed by atoms with Gasteiger partial charge in [-0.25, -0.2) is 0 Å². The Kier molecular flexibility index (Phi) is 8.98. The lowest BCUT2D eigenvalue weighted by molar-refractivity contribution is 0.182. The fourth-order valence-electron chi connectivity index (χ4n) is 2.51. The molecule has 2 rings (SSSR count). The summed E-state index contributed by atoms with van der Waals surface area (Å²) in [5.74, 6) is 1.66. The van der Waals surface area contributed by atoms with Crippen LogP contribution in [0.3, 0.4) is 0 Å². The van der Waals surface area contributed by atoms with E-state index in [0.29, 0.717) is 6.04 Å². The van der Waals surface area contributed by atoms with Crippen LogP contribution in [0.15, 0.2) is 18.2 Å². The Bertz CT molecular complexity index is 399. The van der Waals surface area contributed by atoms with Gasteiger partial charge in [0.2, 0.25) is 0 Å². The van der Waals surface area contributed by atoms with Crippen molar-refractivity contribution in [2.24, 2.45) is 0 Å². The molecule has 1 aromatic rings. The smallest absolute Gasteiger partial charge is 0.165 e. The summed E-state index contributed by atoms with van der Waals surface area (Å²) in [4.78, 5) is 2.47. The molecular formula is C14H24Cl2N2O2. The van der Waals surface area contributed by atoms with Crippen molar-refractivity contribution in [3.8, 4) is 11.5 Å². The summed E-state index contributed by atoms with van der Waals surface area (Å²) in [6, 6.07) is 6.42. The van der Waals surface area contributed by atoms with Gasteiger partial charge in [-0.3, -0.25) is 4.90 Å². The van der Waals surface area contributed by atoms with Crippen molar-refractivity contribution in [1.82, 2.24) is 10.2 Å². The number of piperazine rings is 1. The van der Waals surface area contributed by atoms with Gasteiger partial charge in [-0.15, -0.1) is 24.8 Å². The first-order valence-electron chi connectivity index (χ1n) is 6.43. The van der Waals surface area contributed by atoms with Gasteiger partial charge in [0.15, 0.2) is 11.5 Å². The highest BCUT2D eigenvalue weighted by atomic mass is 35.5. The Morgan fingerprint density at radius 2 is 1.75 bits per heavy atom. The second-order valence-electron chi connectivity index (χ2n) is 4.54. The monoisotopic (exact) mass is 322 g/mol. The minimum atomic E-state index is 0. The second-order valence-corrected chi connectivity index (χ2v) is 4.54. The van der Waals surface area contributed by atoms with Crippen LogP contribution in [0.5, 0.6) is 11.5 Å². The van der Waals surface area contributed by atoms with E-state index in [9.17, 15) is 0 Å². The minimum Gasteiger partial charge on any atom is -0.493 e. The van der Waals surface area contributed by atoms with E-state index in [2.05, 4.69) is 23.2 Å². The number of hydrogen-bond acceptors (Lipinski definition) is 4. The molecular weight excluding hydrogens is 299 g/mol. The van der Waals surface area contributed by atoms with E-state index < -0.39 is 0 Å². The molecule has 0 unspecified atom stereocenters. The van der Waals surface area contributed by atoms with E-state index in [4.69, 9.17) is 9.47 Å². The molecule has 1 fully saturated rings. The second kappa shape index (κ2) is 9.29. The molecule has 1 heterocycles. The molecule has 6 heteroatoms. The lowest BCUT2D eigenvalue weighted by Gasteiger charge is -2.33. The number of nitrogens with one attached hydrogen (secondary N) is 1. The Balaban J connectivity index is 0.00000180. The van der Waals surface area contributed by atoms with E-state index in [1.54, 1.807) is 14.2 Å². The van der Waals surface area contributed by atoms with E-state index in [-0.39, 0.29) is 24.8 Å². The van der Waals surface area contributed by atoms with Gasteiger partial charge in [-0.2, -0.15) is 0 Å². The van der Waals surface area contributed by atoms with Crippen LogP contribution in [-0.4, -0.2) is 45.3 Å². The molecule has 0 saturated carbocycles. The number of para-hydroxylation sites is 1. The lowest BCUT2D eigenvalue weighted by Crippen LogP contribution is -2.44. The van der Waals surface area contributed by atoms with E-state index >= 15 is 0 Å². The average Bonchev–Trinajstić information content (AvgIpc) is 2.46. The third kappa shape index (κ3) is 4.16. The van der Waals surface area contributed by atoms with Gasteiger partial charge in [-0.05, 0) is 13.0 Å². The summed E-state index contributed by atoms with van der Waals surface area (Å²) in [7, 11) is 3.38. The Morgan fingerprint density at radius 3 is 2.30 bits per heavy atom. The fraction of sp³-hybridized carbons (Fsp3) is 0.571. The van der Waals surface area contributed by atoms with Gasteiger partial charge in [0.1, 0.15) is 0 Å². The van der Waals surface area contributed by atoms with Gasteiger partial charge in [0.05, 0.1) is 14.2 Å². The molecule has 0 radical (unpaired) electrons. The van der Waals surface area contributed by atoms with Crippen LogP contribution in [0.4, 0.5) is 0 Å². The topological polar surface area (TPSA) is 33.7 Å². The summed E-state index contributed by atoms with van der Waals surface area (Å²) in [5.41, 5.74) is 1.19. The minimum absolute atomic E-state index is 0. The highest BCUT2D eigenvalue weighted by Crippen LogP contribution is 2.36. The lowest BCUT2D eigenvalue weighted by atomic mass is 10.0. The molecule has 0 aromatic heterocycles. The number of ether oxygens (including phenoxy) is 2. The molecule has 0 spiro atoms. The van der Waals surface area contributed by atoms with Crippen molar-refractivity contribution in [3.05, 3.63) is 23.8 Å². The third-order valence-corrected chi connectivity index (χ3v) is 3.58. The highest BCUT2D eigenvalue weighted by Gasteiger charge is 2.22. The Morgan fingerprint density at radius 1 is 1.10 bits per heavy atom. The molecule has 20 heavy (non-hydrogen) atoms. The normalized spacial score (nSPS) is 16.6. The number of hydrogen-bond donors (Lipinski definition) is 1. The number of benzene rings is 1. The zero-order valence-corrected chi connectivity index (χ0v) is 13.9. The van der Waals surface area contributed by atoms with E-state index in [1.165, 1.54) is 5.56 Å². The zero-order chi connectivity index (χ0) is 13.0. The summed E-state index contributed by atoms with van der Waals surface area (Å²) in [5, 5.41) is 3.37.